The number of carbonyl (C=O) groups excluding carboxylic acids is 2. The third-order valence-corrected chi connectivity index (χ3v) is 5.69. The fraction of sp³-hybridized carbons (Fsp3) is 0.240. The average Bonchev–Trinajstić information content (AvgIpc) is 2.93. The highest BCUT2D eigenvalue weighted by molar-refractivity contribution is 7.59. The standard InChI is InChI=1S/C25H27N9O2.H2S/c1-15(17-5-4-6-18-19(24(36)27-3)7-8-28-23(17)18)10-29-21-9-20(33-14-34-21)16-11-30-25(31-12-16)32-13-22(35)26-2;/h4-9,11-12,14-15H,10,13H2,1-3H3,(H,26,35)(H,27,36)(H,29,33,34)(H,30,31,32);1H2/t15-;/m1./s1. The van der Waals surface area contributed by atoms with Crippen molar-refractivity contribution in [2.45, 2.75) is 12.8 Å². The number of nitrogens with zero attached hydrogens (tertiary/aromatic N) is 5. The van der Waals surface area contributed by atoms with E-state index in [1.54, 1.807) is 38.8 Å². The average molecular weight is 520 g/mol. The van der Waals surface area contributed by atoms with E-state index in [0.717, 1.165) is 22.0 Å². The molecule has 3 heterocycles. The molecule has 0 bridgehead atoms. The fourth-order valence-electron chi connectivity index (χ4n) is 3.71. The molecule has 0 radical (unpaired) electrons. The Labute approximate surface area is 221 Å². The molecule has 4 aromatic rings. The van der Waals surface area contributed by atoms with Crippen molar-refractivity contribution < 1.29 is 9.59 Å². The molecule has 192 valence electrons. The predicted octanol–water partition coefficient (Wildman–Crippen LogP) is 2.33. The first kappa shape index (κ1) is 27.3. The molecule has 0 aliphatic heterocycles. The predicted molar refractivity (Wildman–Crippen MR) is 148 cm³/mol. The smallest absolute Gasteiger partial charge is 0.251 e. The van der Waals surface area contributed by atoms with Crippen LogP contribution < -0.4 is 21.3 Å². The molecule has 0 spiro atoms. The zero-order valence-corrected chi connectivity index (χ0v) is 21.7. The second-order valence-corrected chi connectivity index (χ2v) is 8.07. The number of hydrogen-bond acceptors (Lipinski definition) is 9. The highest BCUT2D eigenvalue weighted by Crippen LogP contribution is 2.27. The minimum atomic E-state index is -0.158. The number of pyridine rings is 1. The van der Waals surface area contributed by atoms with E-state index < -0.39 is 0 Å². The van der Waals surface area contributed by atoms with Crippen molar-refractivity contribution in [1.82, 2.24) is 35.6 Å². The van der Waals surface area contributed by atoms with Crippen molar-refractivity contribution in [3.8, 4) is 11.3 Å². The Morgan fingerprint density at radius 2 is 1.73 bits per heavy atom. The summed E-state index contributed by atoms with van der Waals surface area (Å²) in [5.41, 5.74) is 3.83. The van der Waals surface area contributed by atoms with Gasteiger partial charge in [-0.2, -0.15) is 13.5 Å². The summed E-state index contributed by atoms with van der Waals surface area (Å²) in [6.45, 7) is 2.78. The van der Waals surface area contributed by atoms with Gasteiger partial charge in [0.2, 0.25) is 11.9 Å². The number of fused-ring (bicyclic) bond motifs is 1. The SMILES string of the molecule is CNC(=O)CNc1ncc(-c2cc(NC[C@@H](C)c3cccc4c(C(=O)NC)ccnc34)ncn2)cn1.S. The minimum absolute atomic E-state index is 0. The summed E-state index contributed by atoms with van der Waals surface area (Å²) < 4.78 is 0. The molecule has 1 atom stereocenters. The summed E-state index contributed by atoms with van der Waals surface area (Å²) in [5, 5.41) is 12.2. The summed E-state index contributed by atoms with van der Waals surface area (Å²) >= 11 is 0. The Balaban J connectivity index is 0.00000380. The molecule has 11 nitrogen and oxygen atoms in total. The largest absolute Gasteiger partial charge is 0.369 e. The van der Waals surface area contributed by atoms with Crippen molar-refractivity contribution >= 4 is 48.0 Å². The van der Waals surface area contributed by atoms with Gasteiger partial charge in [-0.1, -0.05) is 25.1 Å². The monoisotopic (exact) mass is 519 g/mol. The molecule has 0 saturated heterocycles. The molecule has 2 amide bonds. The van der Waals surface area contributed by atoms with Crippen LogP contribution in [0.25, 0.3) is 22.2 Å². The number of likely N-dealkylation sites (N-methyl/N-ethyl adjacent to an activating group) is 1. The maximum absolute atomic E-state index is 12.3. The molecular formula is C25H29N9O2S. The Morgan fingerprint density at radius 1 is 0.946 bits per heavy atom. The van der Waals surface area contributed by atoms with Crippen molar-refractivity contribution in [3.63, 3.8) is 0 Å². The molecular weight excluding hydrogens is 490 g/mol. The van der Waals surface area contributed by atoms with E-state index in [9.17, 15) is 9.59 Å². The molecule has 0 aliphatic rings. The van der Waals surface area contributed by atoms with Crippen LogP contribution in [0.1, 0.15) is 28.8 Å². The van der Waals surface area contributed by atoms with E-state index in [4.69, 9.17) is 0 Å². The van der Waals surface area contributed by atoms with Crippen LogP contribution >= 0.6 is 13.5 Å². The lowest BCUT2D eigenvalue weighted by molar-refractivity contribution is -0.118. The Bertz CT molecular complexity index is 1380. The normalized spacial score (nSPS) is 11.2. The first-order valence-corrected chi connectivity index (χ1v) is 11.4. The summed E-state index contributed by atoms with van der Waals surface area (Å²) in [4.78, 5) is 45.3. The lowest BCUT2D eigenvalue weighted by Crippen LogP contribution is -2.26. The Morgan fingerprint density at radius 3 is 2.46 bits per heavy atom. The van der Waals surface area contributed by atoms with Gasteiger partial charge in [0.25, 0.3) is 5.91 Å². The van der Waals surface area contributed by atoms with Gasteiger partial charge in [0.1, 0.15) is 12.1 Å². The Hall–Kier alpha value is -4.32. The molecule has 4 N–H and O–H groups in total. The van der Waals surface area contributed by atoms with Crippen LogP contribution in [0.4, 0.5) is 11.8 Å². The molecule has 0 saturated carbocycles. The summed E-state index contributed by atoms with van der Waals surface area (Å²) in [6, 6.07) is 9.43. The fourth-order valence-corrected chi connectivity index (χ4v) is 3.71. The number of nitrogens with one attached hydrogen (secondary N) is 4. The van der Waals surface area contributed by atoms with Crippen molar-refractivity contribution in [2.24, 2.45) is 0 Å². The number of hydrogen-bond donors (Lipinski definition) is 4. The molecule has 0 unspecified atom stereocenters. The highest BCUT2D eigenvalue weighted by atomic mass is 32.1. The Kier molecular flexibility index (Phi) is 9.27. The summed E-state index contributed by atoms with van der Waals surface area (Å²) in [7, 11) is 3.18. The van der Waals surface area contributed by atoms with E-state index in [2.05, 4.69) is 53.1 Å². The van der Waals surface area contributed by atoms with Gasteiger partial charge in [0.05, 0.1) is 23.3 Å². The zero-order chi connectivity index (χ0) is 25.5. The number of anilines is 2. The van der Waals surface area contributed by atoms with Crippen LogP contribution in [-0.2, 0) is 4.79 Å². The number of para-hydroxylation sites is 1. The molecule has 3 aromatic heterocycles. The number of carbonyl (C=O) groups is 2. The molecule has 0 aliphatic carbocycles. The summed E-state index contributed by atoms with van der Waals surface area (Å²) in [6.07, 6.45) is 6.42. The van der Waals surface area contributed by atoms with Gasteiger partial charge in [0.15, 0.2) is 0 Å². The second kappa shape index (κ2) is 12.6. The number of rotatable bonds is 9. The summed E-state index contributed by atoms with van der Waals surface area (Å²) in [5.74, 6) is 0.807. The van der Waals surface area contributed by atoms with Crippen LogP contribution in [-0.4, -0.2) is 63.9 Å². The van der Waals surface area contributed by atoms with Gasteiger partial charge in [0, 0.05) is 62.2 Å². The van der Waals surface area contributed by atoms with Crippen molar-refractivity contribution in [1.29, 1.82) is 0 Å². The number of aromatic nitrogens is 5. The van der Waals surface area contributed by atoms with Gasteiger partial charge in [-0.05, 0) is 11.6 Å². The maximum Gasteiger partial charge on any atom is 0.251 e. The van der Waals surface area contributed by atoms with E-state index in [1.165, 1.54) is 6.33 Å². The van der Waals surface area contributed by atoms with Gasteiger partial charge in [-0.15, -0.1) is 0 Å². The van der Waals surface area contributed by atoms with Gasteiger partial charge in [-0.25, -0.2) is 19.9 Å². The van der Waals surface area contributed by atoms with Crippen LogP contribution in [0.5, 0.6) is 0 Å². The highest BCUT2D eigenvalue weighted by Gasteiger charge is 2.15. The minimum Gasteiger partial charge on any atom is -0.369 e. The molecule has 1 aromatic carbocycles. The number of amides is 2. The molecule has 4 rings (SSSR count). The molecule has 0 fully saturated rings. The van der Waals surface area contributed by atoms with Crippen LogP contribution in [0.2, 0.25) is 0 Å². The van der Waals surface area contributed by atoms with Crippen LogP contribution in [0.3, 0.4) is 0 Å². The lowest BCUT2D eigenvalue weighted by Gasteiger charge is -2.16. The first-order chi connectivity index (χ1) is 17.5. The van der Waals surface area contributed by atoms with Crippen LogP contribution in [0, 0.1) is 0 Å². The van der Waals surface area contributed by atoms with Gasteiger partial charge < -0.3 is 21.3 Å². The number of benzene rings is 1. The van der Waals surface area contributed by atoms with E-state index in [0.29, 0.717) is 29.6 Å². The van der Waals surface area contributed by atoms with Gasteiger partial charge in [-0.3, -0.25) is 14.6 Å². The van der Waals surface area contributed by atoms with E-state index in [-0.39, 0.29) is 37.8 Å². The van der Waals surface area contributed by atoms with Crippen LogP contribution in [0.15, 0.2) is 55.2 Å². The quantitative estimate of drug-likeness (QED) is 0.262. The zero-order valence-electron chi connectivity index (χ0n) is 20.7. The molecule has 12 heteroatoms. The van der Waals surface area contributed by atoms with Gasteiger partial charge >= 0.3 is 0 Å². The van der Waals surface area contributed by atoms with E-state index in [1.807, 2.05) is 24.3 Å². The maximum atomic E-state index is 12.3. The third kappa shape index (κ3) is 6.47. The molecule has 37 heavy (non-hydrogen) atoms. The lowest BCUT2D eigenvalue weighted by atomic mass is 9.96. The van der Waals surface area contributed by atoms with Crippen molar-refractivity contribution in [2.75, 3.05) is 37.8 Å². The third-order valence-electron chi connectivity index (χ3n) is 5.69. The topological polar surface area (TPSA) is 147 Å². The van der Waals surface area contributed by atoms with Crippen molar-refractivity contribution in [3.05, 3.63) is 66.4 Å². The second-order valence-electron chi connectivity index (χ2n) is 8.07. The first-order valence-electron chi connectivity index (χ1n) is 11.4. The van der Waals surface area contributed by atoms with E-state index >= 15 is 0 Å².